The molecule has 0 aliphatic heterocycles. The highest BCUT2D eigenvalue weighted by Crippen LogP contribution is 2.24. The predicted molar refractivity (Wildman–Crippen MR) is 74.0 cm³/mol. The number of hydrogen-bond donors (Lipinski definition) is 1. The molecule has 0 saturated carbocycles. The average molecular weight is 270 g/mol. The number of thiazole rings is 1. The standard InChI is InChI=1S/C13H22N2O2S/c1-13(2,3)11-8-18-12(15-11)7-10(16)9(14)5-6-17-4/h8-9H,5-7,14H2,1-4H3. The van der Waals surface area contributed by atoms with Crippen LogP contribution in [0.1, 0.15) is 37.9 Å². The molecule has 1 rings (SSSR count). The van der Waals surface area contributed by atoms with Crippen LogP contribution in [-0.4, -0.2) is 30.5 Å². The van der Waals surface area contributed by atoms with E-state index in [0.29, 0.717) is 19.4 Å². The smallest absolute Gasteiger partial charge is 0.156 e. The van der Waals surface area contributed by atoms with E-state index in [-0.39, 0.29) is 11.2 Å². The number of ketones is 1. The Labute approximate surface area is 113 Å². The summed E-state index contributed by atoms with van der Waals surface area (Å²) in [7, 11) is 1.60. The molecule has 0 fully saturated rings. The number of nitrogens with two attached hydrogens (primary N) is 1. The Hall–Kier alpha value is -0.780. The molecule has 0 aliphatic rings. The Morgan fingerprint density at radius 1 is 1.56 bits per heavy atom. The summed E-state index contributed by atoms with van der Waals surface area (Å²) < 4.78 is 4.92. The van der Waals surface area contributed by atoms with Crippen molar-refractivity contribution in [1.29, 1.82) is 0 Å². The van der Waals surface area contributed by atoms with Crippen molar-refractivity contribution in [3.63, 3.8) is 0 Å². The van der Waals surface area contributed by atoms with E-state index in [0.717, 1.165) is 10.7 Å². The van der Waals surface area contributed by atoms with Crippen LogP contribution >= 0.6 is 11.3 Å². The van der Waals surface area contributed by atoms with Crippen LogP contribution in [0.5, 0.6) is 0 Å². The summed E-state index contributed by atoms with van der Waals surface area (Å²) in [5.74, 6) is 0.0295. The predicted octanol–water partition coefficient (Wildman–Crippen LogP) is 1.92. The number of carbonyl (C=O) groups is 1. The number of hydrogen-bond acceptors (Lipinski definition) is 5. The maximum atomic E-state index is 11.9. The van der Waals surface area contributed by atoms with Gasteiger partial charge in [0, 0.05) is 24.5 Å². The molecular formula is C13H22N2O2S. The van der Waals surface area contributed by atoms with Gasteiger partial charge in [-0.25, -0.2) is 4.98 Å². The lowest BCUT2D eigenvalue weighted by Gasteiger charge is -2.14. The first-order chi connectivity index (χ1) is 8.34. The number of nitrogens with zero attached hydrogens (tertiary/aromatic N) is 1. The van der Waals surface area contributed by atoms with Crippen LogP contribution in [0.15, 0.2) is 5.38 Å². The van der Waals surface area contributed by atoms with Crippen LogP contribution in [0.4, 0.5) is 0 Å². The van der Waals surface area contributed by atoms with Gasteiger partial charge in [-0.15, -0.1) is 11.3 Å². The van der Waals surface area contributed by atoms with Crippen molar-refractivity contribution in [2.24, 2.45) is 5.73 Å². The molecule has 0 amide bonds. The van der Waals surface area contributed by atoms with Crippen molar-refractivity contribution in [2.75, 3.05) is 13.7 Å². The molecule has 0 saturated heterocycles. The molecule has 0 spiro atoms. The molecule has 18 heavy (non-hydrogen) atoms. The highest BCUT2D eigenvalue weighted by molar-refractivity contribution is 7.09. The second kappa shape index (κ2) is 6.41. The van der Waals surface area contributed by atoms with Gasteiger partial charge in [0.25, 0.3) is 0 Å². The van der Waals surface area contributed by atoms with E-state index in [1.807, 2.05) is 5.38 Å². The monoisotopic (exact) mass is 270 g/mol. The van der Waals surface area contributed by atoms with Crippen LogP contribution in [0, 0.1) is 0 Å². The first-order valence-electron chi connectivity index (χ1n) is 6.06. The molecule has 1 aromatic heterocycles. The van der Waals surface area contributed by atoms with Gasteiger partial charge in [-0.1, -0.05) is 20.8 Å². The molecule has 1 heterocycles. The van der Waals surface area contributed by atoms with Gasteiger partial charge in [0.15, 0.2) is 5.78 Å². The van der Waals surface area contributed by atoms with Gasteiger partial charge in [-0.2, -0.15) is 0 Å². The molecule has 1 atom stereocenters. The molecule has 0 bridgehead atoms. The Balaban J connectivity index is 2.57. The first kappa shape index (κ1) is 15.3. The Morgan fingerprint density at radius 2 is 2.22 bits per heavy atom. The highest BCUT2D eigenvalue weighted by atomic mass is 32.1. The van der Waals surface area contributed by atoms with Crippen LogP contribution in [0.3, 0.4) is 0 Å². The summed E-state index contributed by atoms with van der Waals surface area (Å²) in [6.07, 6.45) is 0.887. The van der Waals surface area contributed by atoms with Gasteiger partial charge in [-0.05, 0) is 6.42 Å². The second-order valence-electron chi connectivity index (χ2n) is 5.41. The number of ether oxygens (including phenoxy) is 1. The zero-order chi connectivity index (χ0) is 13.8. The van der Waals surface area contributed by atoms with Gasteiger partial charge in [-0.3, -0.25) is 4.79 Å². The molecule has 1 unspecified atom stereocenters. The first-order valence-corrected chi connectivity index (χ1v) is 6.94. The van der Waals surface area contributed by atoms with E-state index in [1.54, 1.807) is 7.11 Å². The second-order valence-corrected chi connectivity index (χ2v) is 6.35. The average Bonchev–Trinajstić information content (AvgIpc) is 2.73. The number of rotatable bonds is 6. The summed E-state index contributed by atoms with van der Waals surface area (Å²) in [5.41, 5.74) is 6.84. The lowest BCUT2D eigenvalue weighted by molar-refractivity contribution is -0.120. The lowest BCUT2D eigenvalue weighted by Crippen LogP contribution is -2.32. The minimum Gasteiger partial charge on any atom is -0.385 e. The molecule has 102 valence electrons. The number of carbonyl (C=O) groups excluding carboxylic acids is 1. The number of aromatic nitrogens is 1. The van der Waals surface area contributed by atoms with E-state index in [9.17, 15) is 4.79 Å². The van der Waals surface area contributed by atoms with E-state index < -0.39 is 6.04 Å². The summed E-state index contributed by atoms with van der Waals surface area (Å²) >= 11 is 1.53. The third-order valence-corrected chi connectivity index (χ3v) is 3.54. The molecule has 0 aromatic carbocycles. The Morgan fingerprint density at radius 3 is 2.72 bits per heavy atom. The SMILES string of the molecule is COCCC(N)C(=O)Cc1nc(C(C)(C)C)cs1. The topological polar surface area (TPSA) is 65.2 Å². The fourth-order valence-electron chi connectivity index (χ4n) is 1.42. The largest absolute Gasteiger partial charge is 0.385 e. The van der Waals surface area contributed by atoms with E-state index >= 15 is 0 Å². The number of Topliss-reactive ketones (excluding diaryl/α,β-unsaturated/α-hetero) is 1. The third-order valence-electron chi connectivity index (χ3n) is 2.69. The molecule has 2 N–H and O–H groups in total. The van der Waals surface area contributed by atoms with Gasteiger partial charge >= 0.3 is 0 Å². The molecular weight excluding hydrogens is 248 g/mol. The van der Waals surface area contributed by atoms with E-state index in [4.69, 9.17) is 10.5 Å². The fourth-order valence-corrected chi connectivity index (χ4v) is 2.45. The van der Waals surface area contributed by atoms with Crippen molar-refractivity contribution < 1.29 is 9.53 Å². The minimum absolute atomic E-state index is 0.0238. The Bertz CT molecular complexity index is 396. The minimum atomic E-state index is -0.452. The van der Waals surface area contributed by atoms with Gasteiger partial charge in [0.05, 0.1) is 18.2 Å². The van der Waals surface area contributed by atoms with Crippen molar-refractivity contribution in [2.45, 2.75) is 45.1 Å². The molecule has 4 nitrogen and oxygen atoms in total. The van der Waals surface area contributed by atoms with Crippen molar-refractivity contribution >= 4 is 17.1 Å². The summed E-state index contributed by atoms with van der Waals surface area (Å²) in [6.45, 7) is 6.84. The summed E-state index contributed by atoms with van der Waals surface area (Å²) in [6, 6.07) is -0.452. The molecule has 1 aromatic rings. The normalized spacial score (nSPS) is 13.6. The zero-order valence-corrected chi connectivity index (χ0v) is 12.3. The third kappa shape index (κ3) is 4.48. The summed E-state index contributed by atoms with van der Waals surface area (Å²) in [4.78, 5) is 16.4. The summed E-state index contributed by atoms with van der Waals surface area (Å²) in [5, 5.41) is 2.86. The van der Waals surface area contributed by atoms with Crippen LogP contribution in [0.2, 0.25) is 0 Å². The molecule has 5 heteroatoms. The van der Waals surface area contributed by atoms with Crippen molar-refractivity contribution in [3.8, 4) is 0 Å². The van der Waals surface area contributed by atoms with Crippen molar-refractivity contribution in [3.05, 3.63) is 16.1 Å². The van der Waals surface area contributed by atoms with E-state index in [1.165, 1.54) is 11.3 Å². The quantitative estimate of drug-likeness (QED) is 0.857. The van der Waals surface area contributed by atoms with Crippen LogP contribution in [0.25, 0.3) is 0 Å². The molecule has 0 aliphatic carbocycles. The maximum absolute atomic E-state index is 11.9. The highest BCUT2D eigenvalue weighted by Gasteiger charge is 2.20. The van der Waals surface area contributed by atoms with Gasteiger partial charge in [0.2, 0.25) is 0 Å². The lowest BCUT2D eigenvalue weighted by atomic mass is 9.93. The van der Waals surface area contributed by atoms with Gasteiger partial charge in [0.1, 0.15) is 5.01 Å². The van der Waals surface area contributed by atoms with Crippen LogP contribution < -0.4 is 5.73 Å². The van der Waals surface area contributed by atoms with Gasteiger partial charge < -0.3 is 10.5 Å². The van der Waals surface area contributed by atoms with Crippen LogP contribution in [-0.2, 0) is 21.4 Å². The zero-order valence-electron chi connectivity index (χ0n) is 11.5. The fraction of sp³-hybridized carbons (Fsp3) is 0.692. The number of methoxy groups -OCH3 is 1. The van der Waals surface area contributed by atoms with E-state index in [2.05, 4.69) is 25.8 Å². The Kier molecular flexibility index (Phi) is 5.44. The molecule has 0 radical (unpaired) electrons. The maximum Gasteiger partial charge on any atom is 0.156 e. The van der Waals surface area contributed by atoms with Crippen molar-refractivity contribution in [1.82, 2.24) is 4.98 Å².